The van der Waals surface area contributed by atoms with E-state index >= 15 is 0 Å². The monoisotopic (exact) mass is 164 g/mol. The van der Waals surface area contributed by atoms with Crippen LogP contribution in [-0.4, -0.2) is 23.1 Å². The summed E-state index contributed by atoms with van der Waals surface area (Å²) in [6.45, 7) is 2.10. The first kappa shape index (κ1) is 5.54. The van der Waals surface area contributed by atoms with Crippen LogP contribution in [-0.2, 0) is 0 Å². The third-order valence-electron chi connectivity index (χ3n) is 1.18. The predicted molar refractivity (Wildman–Crippen MR) is 33.1 cm³/mol. The Kier molecular flexibility index (Phi) is 1.67. The van der Waals surface area contributed by atoms with Crippen molar-refractivity contribution >= 4 is 16.1 Å². The summed E-state index contributed by atoms with van der Waals surface area (Å²) in [6, 6.07) is 0.402. The van der Waals surface area contributed by atoms with Crippen molar-refractivity contribution in [1.82, 2.24) is 3.93 Å². The molecule has 1 fully saturated rings. The van der Waals surface area contributed by atoms with Gasteiger partial charge in [0, 0.05) is 35.3 Å². The summed E-state index contributed by atoms with van der Waals surface area (Å²) in [5.74, 6) is 0. The van der Waals surface area contributed by atoms with Crippen molar-refractivity contribution in [3.05, 3.63) is 0 Å². The molecule has 1 aliphatic heterocycles. The molecular formula is C4H9BrN2. The van der Waals surface area contributed by atoms with Gasteiger partial charge in [-0.1, -0.05) is 0 Å². The Morgan fingerprint density at radius 3 is 2.57 bits per heavy atom. The maximum Gasteiger partial charge on any atom is 0.0245 e. The average molecular weight is 165 g/mol. The minimum atomic E-state index is 0.402. The normalized spacial score (nSPS) is 34.3. The van der Waals surface area contributed by atoms with Crippen LogP contribution in [0.25, 0.3) is 0 Å². The van der Waals surface area contributed by atoms with E-state index in [2.05, 4.69) is 20.1 Å². The van der Waals surface area contributed by atoms with Crippen molar-refractivity contribution in [3.8, 4) is 0 Å². The topological polar surface area (TPSA) is 29.3 Å². The van der Waals surface area contributed by atoms with Crippen LogP contribution in [0.5, 0.6) is 0 Å². The number of nitrogens with two attached hydrogens (primary N) is 1. The summed E-state index contributed by atoms with van der Waals surface area (Å²) in [5.41, 5.74) is 5.55. The highest BCUT2D eigenvalue weighted by Crippen LogP contribution is 2.09. The lowest BCUT2D eigenvalue weighted by molar-refractivity contribution is 0.593. The van der Waals surface area contributed by atoms with Gasteiger partial charge in [0.25, 0.3) is 0 Å². The molecule has 1 saturated heterocycles. The van der Waals surface area contributed by atoms with E-state index in [1.54, 1.807) is 0 Å². The van der Waals surface area contributed by atoms with E-state index in [-0.39, 0.29) is 0 Å². The first-order valence-electron chi connectivity index (χ1n) is 2.45. The molecule has 0 aromatic rings. The van der Waals surface area contributed by atoms with Crippen molar-refractivity contribution < 1.29 is 0 Å². The molecule has 1 atom stereocenters. The van der Waals surface area contributed by atoms with Gasteiger partial charge < -0.3 is 5.73 Å². The summed E-state index contributed by atoms with van der Waals surface area (Å²) in [7, 11) is 0. The van der Waals surface area contributed by atoms with Gasteiger partial charge in [-0.25, -0.2) is 3.93 Å². The fraction of sp³-hybridized carbons (Fsp3) is 1.00. The van der Waals surface area contributed by atoms with Gasteiger partial charge in [-0.3, -0.25) is 0 Å². The van der Waals surface area contributed by atoms with Crippen LogP contribution in [0.15, 0.2) is 0 Å². The fourth-order valence-electron chi connectivity index (χ4n) is 0.743. The van der Waals surface area contributed by atoms with E-state index in [1.165, 1.54) is 0 Å². The molecule has 1 rings (SSSR count). The molecule has 0 unspecified atom stereocenters. The second kappa shape index (κ2) is 2.11. The Balaban J connectivity index is 2.26. The highest BCUT2D eigenvalue weighted by molar-refractivity contribution is 9.07. The summed E-state index contributed by atoms with van der Waals surface area (Å²) >= 11 is 3.33. The molecular weight excluding hydrogens is 156 g/mol. The maximum atomic E-state index is 5.55. The molecule has 7 heavy (non-hydrogen) atoms. The zero-order valence-electron chi connectivity index (χ0n) is 4.10. The van der Waals surface area contributed by atoms with Gasteiger partial charge >= 0.3 is 0 Å². The lowest BCUT2D eigenvalue weighted by Gasteiger charge is -2.00. The van der Waals surface area contributed by atoms with Crippen LogP contribution >= 0.6 is 16.1 Å². The minimum absolute atomic E-state index is 0.402. The van der Waals surface area contributed by atoms with Gasteiger partial charge in [0.1, 0.15) is 0 Å². The van der Waals surface area contributed by atoms with E-state index in [0.29, 0.717) is 6.04 Å². The second-order valence-electron chi connectivity index (χ2n) is 1.92. The highest BCUT2D eigenvalue weighted by Gasteiger charge is 2.15. The molecule has 1 heterocycles. The van der Waals surface area contributed by atoms with Gasteiger partial charge in [-0.2, -0.15) is 0 Å². The smallest absolute Gasteiger partial charge is 0.0245 e. The van der Waals surface area contributed by atoms with E-state index in [0.717, 1.165) is 19.5 Å². The summed E-state index contributed by atoms with van der Waals surface area (Å²) in [5, 5.41) is 0. The number of hydrogen-bond donors (Lipinski definition) is 1. The zero-order chi connectivity index (χ0) is 5.28. The Labute approximate surface area is 52.0 Å². The molecule has 3 heteroatoms. The highest BCUT2D eigenvalue weighted by atomic mass is 79.9. The quantitative estimate of drug-likeness (QED) is 0.524. The molecule has 2 N–H and O–H groups in total. The Bertz CT molecular complexity index is 58.7. The third kappa shape index (κ3) is 1.40. The lowest BCUT2D eigenvalue weighted by Crippen LogP contribution is -2.21. The summed E-state index contributed by atoms with van der Waals surface area (Å²) in [4.78, 5) is 0. The van der Waals surface area contributed by atoms with Gasteiger partial charge in [0.15, 0.2) is 0 Å². The Morgan fingerprint density at radius 1 is 1.71 bits per heavy atom. The maximum absolute atomic E-state index is 5.55. The third-order valence-corrected chi connectivity index (χ3v) is 1.82. The van der Waals surface area contributed by atoms with E-state index < -0.39 is 0 Å². The van der Waals surface area contributed by atoms with Gasteiger partial charge in [0.05, 0.1) is 0 Å². The predicted octanol–water partition coefficient (Wildman–Crippen LogP) is 0.329. The van der Waals surface area contributed by atoms with E-state index in [1.807, 2.05) is 0 Å². The molecule has 2 nitrogen and oxygen atoms in total. The molecule has 0 aromatic heterocycles. The van der Waals surface area contributed by atoms with Gasteiger partial charge in [-0.05, 0) is 6.42 Å². The van der Waals surface area contributed by atoms with Crippen molar-refractivity contribution in [3.63, 3.8) is 0 Å². The van der Waals surface area contributed by atoms with Crippen molar-refractivity contribution in [2.75, 3.05) is 13.1 Å². The first-order chi connectivity index (χ1) is 3.29. The molecule has 0 radical (unpaired) electrons. The lowest BCUT2D eigenvalue weighted by atomic mass is 10.3. The molecule has 1 aliphatic rings. The molecule has 0 aliphatic carbocycles. The molecule has 0 aromatic carbocycles. The zero-order valence-corrected chi connectivity index (χ0v) is 5.69. The Hall–Kier alpha value is 0.400. The van der Waals surface area contributed by atoms with Crippen LogP contribution in [0, 0.1) is 0 Å². The largest absolute Gasteiger partial charge is 0.326 e. The standard InChI is InChI=1S/C4H9BrN2/c5-7-2-1-4(6)3-7/h4H,1-3,6H2/t4-/m1/s1. The van der Waals surface area contributed by atoms with Crippen LogP contribution in [0.2, 0.25) is 0 Å². The SMILES string of the molecule is N[C@@H]1CCN(Br)C1. The van der Waals surface area contributed by atoms with Crippen molar-refractivity contribution in [2.45, 2.75) is 12.5 Å². The van der Waals surface area contributed by atoms with Crippen molar-refractivity contribution in [1.29, 1.82) is 0 Å². The first-order valence-corrected chi connectivity index (χ1v) is 3.16. The van der Waals surface area contributed by atoms with Crippen LogP contribution in [0.4, 0.5) is 0 Å². The van der Waals surface area contributed by atoms with E-state index in [9.17, 15) is 0 Å². The van der Waals surface area contributed by atoms with E-state index in [4.69, 9.17) is 5.73 Å². The summed E-state index contributed by atoms with van der Waals surface area (Å²) < 4.78 is 2.07. The average Bonchev–Trinajstić information content (AvgIpc) is 1.87. The van der Waals surface area contributed by atoms with Gasteiger partial charge in [-0.15, -0.1) is 0 Å². The number of nitrogens with zero attached hydrogens (tertiary/aromatic N) is 1. The van der Waals surface area contributed by atoms with Crippen LogP contribution in [0.1, 0.15) is 6.42 Å². The van der Waals surface area contributed by atoms with Gasteiger partial charge in [0.2, 0.25) is 0 Å². The number of rotatable bonds is 0. The summed E-state index contributed by atoms with van der Waals surface area (Å²) in [6.07, 6.45) is 1.13. The molecule has 42 valence electrons. The second-order valence-corrected chi connectivity index (χ2v) is 2.92. The van der Waals surface area contributed by atoms with Crippen LogP contribution < -0.4 is 5.73 Å². The number of hydrogen-bond acceptors (Lipinski definition) is 2. The molecule has 0 saturated carbocycles. The minimum Gasteiger partial charge on any atom is -0.326 e. The molecule has 0 amide bonds. The molecule has 0 spiro atoms. The Morgan fingerprint density at radius 2 is 2.43 bits per heavy atom. The van der Waals surface area contributed by atoms with Crippen molar-refractivity contribution in [2.24, 2.45) is 5.73 Å². The van der Waals surface area contributed by atoms with Crippen LogP contribution in [0.3, 0.4) is 0 Å². The number of halogens is 1. The fourth-order valence-corrected chi connectivity index (χ4v) is 1.32. The molecule has 0 bridgehead atoms.